The SMILES string of the molecule is CC(C)(C)Oc1cc(=O)oc2ccccc12. The van der Waals surface area contributed by atoms with Crippen molar-refractivity contribution < 1.29 is 9.15 Å². The summed E-state index contributed by atoms with van der Waals surface area (Å²) in [5.41, 5.74) is -0.177. The molecule has 0 amide bonds. The van der Waals surface area contributed by atoms with E-state index < -0.39 is 5.63 Å². The summed E-state index contributed by atoms with van der Waals surface area (Å²) >= 11 is 0. The maximum atomic E-state index is 11.3. The molecule has 1 aromatic heterocycles. The number of hydrogen-bond donors (Lipinski definition) is 0. The summed E-state index contributed by atoms with van der Waals surface area (Å²) < 4.78 is 10.8. The zero-order chi connectivity index (χ0) is 11.8. The highest BCUT2D eigenvalue weighted by Crippen LogP contribution is 2.26. The van der Waals surface area contributed by atoms with Gasteiger partial charge in [-0.2, -0.15) is 0 Å². The Morgan fingerprint density at radius 2 is 1.88 bits per heavy atom. The van der Waals surface area contributed by atoms with Gasteiger partial charge in [0, 0.05) is 0 Å². The third-order valence-electron chi connectivity index (χ3n) is 2.03. The zero-order valence-corrected chi connectivity index (χ0v) is 9.61. The van der Waals surface area contributed by atoms with Gasteiger partial charge in [-0.25, -0.2) is 4.79 Å². The van der Waals surface area contributed by atoms with Crippen molar-refractivity contribution in [2.45, 2.75) is 26.4 Å². The molecule has 3 nitrogen and oxygen atoms in total. The van der Waals surface area contributed by atoms with Crippen LogP contribution in [0.4, 0.5) is 0 Å². The average Bonchev–Trinajstić information content (AvgIpc) is 2.14. The normalized spacial score (nSPS) is 11.7. The number of rotatable bonds is 1. The molecule has 0 radical (unpaired) electrons. The second-order valence-corrected chi connectivity index (χ2v) is 4.64. The van der Waals surface area contributed by atoms with Crippen LogP contribution in [0.25, 0.3) is 11.0 Å². The molecule has 0 bridgehead atoms. The Hall–Kier alpha value is -1.77. The van der Waals surface area contributed by atoms with Crippen LogP contribution in [-0.2, 0) is 0 Å². The lowest BCUT2D eigenvalue weighted by molar-refractivity contribution is 0.132. The van der Waals surface area contributed by atoms with Gasteiger partial charge in [-0.1, -0.05) is 12.1 Å². The fourth-order valence-electron chi connectivity index (χ4n) is 1.50. The maximum Gasteiger partial charge on any atom is 0.339 e. The highest BCUT2D eigenvalue weighted by molar-refractivity contribution is 5.82. The Morgan fingerprint density at radius 1 is 1.19 bits per heavy atom. The number of benzene rings is 1. The van der Waals surface area contributed by atoms with E-state index in [1.165, 1.54) is 6.07 Å². The van der Waals surface area contributed by atoms with Crippen LogP contribution < -0.4 is 10.4 Å². The molecule has 0 aliphatic carbocycles. The Morgan fingerprint density at radius 3 is 2.56 bits per heavy atom. The minimum absolute atomic E-state index is 0.337. The van der Waals surface area contributed by atoms with Gasteiger partial charge in [0.15, 0.2) is 0 Å². The maximum absolute atomic E-state index is 11.3. The molecule has 2 aromatic rings. The van der Waals surface area contributed by atoms with Crippen LogP contribution in [0.15, 0.2) is 39.5 Å². The van der Waals surface area contributed by atoms with Crippen LogP contribution in [0.3, 0.4) is 0 Å². The summed E-state index contributed by atoms with van der Waals surface area (Å²) in [5.74, 6) is 0.569. The Bertz CT molecular complexity index is 561. The molecule has 16 heavy (non-hydrogen) atoms. The minimum atomic E-state index is -0.391. The van der Waals surface area contributed by atoms with Crippen LogP contribution in [-0.4, -0.2) is 5.60 Å². The molecule has 0 fully saturated rings. The Kier molecular flexibility index (Phi) is 2.46. The first-order chi connectivity index (χ1) is 7.46. The third kappa shape index (κ3) is 2.24. The molecular formula is C13H14O3. The van der Waals surface area contributed by atoms with Gasteiger partial charge in [-0.15, -0.1) is 0 Å². The smallest absolute Gasteiger partial charge is 0.339 e. The average molecular weight is 218 g/mol. The topological polar surface area (TPSA) is 39.4 Å². The molecule has 0 N–H and O–H groups in total. The summed E-state index contributed by atoms with van der Waals surface area (Å²) in [7, 11) is 0. The minimum Gasteiger partial charge on any atom is -0.487 e. The van der Waals surface area contributed by atoms with Gasteiger partial charge in [0.2, 0.25) is 0 Å². The predicted octanol–water partition coefficient (Wildman–Crippen LogP) is 2.97. The molecule has 0 atom stereocenters. The van der Waals surface area contributed by atoms with Gasteiger partial charge in [-0.05, 0) is 32.9 Å². The molecule has 1 heterocycles. The van der Waals surface area contributed by atoms with Crippen molar-refractivity contribution in [3.63, 3.8) is 0 Å². The Labute approximate surface area is 93.7 Å². The van der Waals surface area contributed by atoms with E-state index in [0.717, 1.165) is 5.39 Å². The highest BCUT2D eigenvalue weighted by Gasteiger charge is 2.15. The van der Waals surface area contributed by atoms with Gasteiger partial charge in [-0.3, -0.25) is 0 Å². The molecular weight excluding hydrogens is 204 g/mol. The van der Waals surface area contributed by atoms with E-state index in [2.05, 4.69) is 0 Å². The fourth-order valence-corrected chi connectivity index (χ4v) is 1.50. The molecule has 3 heteroatoms. The van der Waals surface area contributed by atoms with E-state index in [-0.39, 0.29) is 5.60 Å². The lowest BCUT2D eigenvalue weighted by atomic mass is 10.1. The second-order valence-electron chi connectivity index (χ2n) is 4.64. The number of fused-ring (bicyclic) bond motifs is 1. The van der Waals surface area contributed by atoms with Crippen molar-refractivity contribution in [1.82, 2.24) is 0 Å². The number of para-hydroxylation sites is 1. The fraction of sp³-hybridized carbons (Fsp3) is 0.308. The summed E-state index contributed by atoms with van der Waals surface area (Å²) in [6, 6.07) is 8.73. The summed E-state index contributed by atoms with van der Waals surface area (Å²) in [4.78, 5) is 11.3. The predicted molar refractivity (Wildman–Crippen MR) is 62.9 cm³/mol. The molecule has 0 saturated heterocycles. The van der Waals surface area contributed by atoms with Gasteiger partial charge in [0.1, 0.15) is 16.9 Å². The van der Waals surface area contributed by atoms with E-state index in [1.54, 1.807) is 6.07 Å². The first-order valence-corrected chi connectivity index (χ1v) is 5.18. The molecule has 1 aromatic carbocycles. The van der Waals surface area contributed by atoms with Crippen molar-refractivity contribution in [2.75, 3.05) is 0 Å². The van der Waals surface area contributed by atoms with Crippen LogP contribution in [0.1, 0.15) is 20.8 Å². The molecule has 84 valence electrons. The molecule has 0 unspecified atom stereocenters. The second kappa shape index (κ2) is 3.67. The summed E-state index contributed by atoms with van der Waals surface area (Å²) in [6.07, 6.45) is 0. The molecule has 0 saturated carbocycles. The van der Waals surface area contributed by atoms with Crippen molar-refractivity contribution in [1.29, 1.82) is 0 Å². The van der Waals surface area contributed by atoms with Gasteiger partial charge < -0.3 is 9.15 Å². The number of ether oxygens (including phenoxy) is 1. The van der Waals surface area contributed by atoms with E-state index >= 15 is 0 Å². The van der Waals surface area contributed by atoms with E-state index in [1.807, 2.05) is 39.0 Å². The van der Waals surface area contributed by atoms with E-state index in [0.29, 0.717) is 11.3 Å². The van der Waals surface area contributed by atoms with E-state index in [4.69, 9.17) is 9.15 Å². The molecule has 2 rings (SSSR count). The van der Waals surface area contributed by atoms with Gasteiger partial charge in [0.25, 0.3) is 0 Å². The lowest BCUT2D eigenvalue weighted by Crippen LogP contribution is -2.23. The van der Waals surface area contributed by atoms with Crippen LogP contribution in [0.2, 0.25) is 0 Å². The first kappa shape index (κ1) is 10.7. The molecule has 0 spiro atoms. The quantitative estimate of drug-likeness (QED) is 0.691. The standard InChI is InChI=1S/C13H14O3/c1-13(2,3)16-11-8-12(14)15-10-7-5-4-6-9(10)11/h4-8H,1-3H3. The summed E-state index contributed by atoms with van der Waals surface area (Å²) in [5, 5.41) is 0.817. The Balaban J connectivity index is 2.64. The number of hydrogen-bond acceptors (Lipinski definition) is 3. The monoisotopic (exact) mass is 218 g/mol. The highest BCUT2D eigenvalue weighted by atomic mass is 16.5. The third-order valence-corrected chi connectivity index (χ3v) is 2.03. The van der Waals surface area contributed by atoms with Crippen molar-refractivity contribution >= 4 is 11.0 Å². The lowest BCUT2D eigenvalue weighted by Gasteiger charge is -2.21. The van der Waals surface area contributed by atoms with Crippen molar-refractivity contribution in [2.24, 2.45) is 0 Å². The van der Waals surface area contributed by atoms with Gasteiger partial charge in [0.05, 0.1) is 11.5 Å². The van der Waals surface area contributed by atoms with E-state index in [9.17, 15) is 4.79 Å². The van der Waals surface area contributed by atoms with Crippen molar-refractivity contribution in [3.8, 4) is 5.75 Å². The van der Waals surface area contributed by atoms with Crippen LogP contribution >= 0.6 is 0 Å². The largest absolute Gasteiger partial charge is 0.487 e. The van der Waals surface area contributed by atoms with Crippen LogP contribution in [0.5, 0.6) is 5.75 Å². The summed E-state index contributed by atoms with van der Waals surface area (Å²) in [6.45, 7) is 5.82. The molecule has 0 aliphatic heterocycles. The molecule has 0 aliphatic rings. The van der Waals surface area contributed by atoms with Crippen LogP contribution in [0, 0.1) is 0 Å². The van der Waals surface area contributed by atoms with Crippen molar-refractivity contribution in [3.05, 3.63) is 40.8 Å². The zero-order valence-electron chi connectivity index (χ0n) is 9.61. The first-order valence-electron chi connectivity index (χ1n) is 5.18. The van der Waals surface area contributed by atoms with Gasteiger partial charge >= 0.3 is 5.63 Å².